The third kappa shape index (κ3) is 4.20. The molecule has 0 radical (unpaired) electrons. The van der Waals surface area contributed by atoms with Gasteiger partial charge in [0.25, 0.3) is 5.91 Å². The quantitative estimate of drug-likeness (QED) is 0.752. The first-order valence-corrected chi connectivity index (χ1v) is 8.13. The molecular formula is C20H19N3O2. The number of benzene rings is 2. The van der Waals surface area contributed by atoms with E-state index in [9.17, 15) is 9.59 Å². The zero-order valence-corrected chi connectivity index (χ0v) is 14.0. The summed E-state index contributed by atoms with van der Waals surface area (Å²) in [7, 11) is 0. The minimum absolute atomic E-state index is 0.172. The molecular weight excluding hydrogens is 314 g/mol. The van der Waals surface area contributed by atoms with E-state index in [0.717, 1.165) is 16.5 Å². The molecule has 0 atom stereocenters. The third-order valence-electron chi connectivity index (χ3n) is 3.89. The van der Waals surface area contributed by atoms with E-state index in [1.165, 1.54) is 0 Å². The maximum atomic E-state index is 12.1. The number of anilines is 1. The van der Waals surface area contributed by atoms with Gasteiger partial charge in [0.1, 0.15) is 5.82 Å². The van der Waals surface area contributed by atoms with E-state index in [1.54, 1.807) is 12.1 Å². The van der Waals surface area contributed by atoms with Crippen molar-refractivity contribution in [2.24, 2.45) is 0 Å². The lowest BCUT2D eigenvalue weighted by Crippen LogP contribution is -2.28. The van der Waals surface area contributed by atoms with Crippen LogP contribution in [0.5, 0.6) is 0 Å². The Kier molecular flexibility index (Phi) is 5.04. The first-order chi connectivity index (χ1) is 12.1. The summed E-state index contributed by atoms with van der Waals surface area (Å²) in [6.07, 6.45) is 0.187. The molecule has 0 fully saturated rings. The van der Waals surface area contributed by atoms with Crippen molar-refractivity contribution >= 4 is 28.5 Å². The van der Waals surface area contributed by atoms with Crippen molar-refractivity contribution in [1.82, 2.24) is 10.3 Å². The number of hydrogen-bond donors (Lipinski definition) is 2. The summed E-state index contributed by atoms with van der Waals surface area (Å²) in [4.78, 5) is 28.5. The molecule has 5 nitrogen and oxygen atoms in total. The maximum absolute atomic E-state index is 12.1. The molecule has 25 heavy (non-hydrogen) atoms. The van der Waals surface area contributed by atoms with Gasteiger partial charge in [-0.25, -0.2) is 4.98 Å². The number of amides is 2. The van der Waals surface area contributed by atoms with Crippen LogP contribution in [-0.4, -0.2) is 23.3 Å². The highest BCUT2D eigenvalue weighted by molar-refractivity contribution is 5.96. The van der Waals surface area contributed by atoms with Crippen LogP contribution < -0.4 is 10.6 Å². The molecule has 2 N–H and O–H groups in total. The molecule has 0 aliphatic rings. The lowest BCUT2D eigenvalue weighted by Gasteiger charge is -2.08. The Bertz CT molecular complexity index is 921. The van der Waals surface area contributed by atoms with Gasteiger partial charge in [-0.3, -0.25) is 9.59 Å². The van der Waals surface area contributed by atoms with Gasteiger partial charge in [-0.1, -0.05) is 36.4 Å². The van der Waals surface area contributed by atoms with Gasteiger partial charge in [-0.15, -0.1) is 0 Å². The highest BCUT2D eigenvalue weighted by Crippen LogP contribution is 2.14. The number of pyridine rings is 1. The van der Waals surface area contributed by atoms with Gasteiger partial charge < -0.3 is 10.6 Å². The second kappa shape index (κ2) is 7.57. The van der Waals surface area contributed by atoms with Crippen LogP contribution in [0, 0.1) is 6.92 Å². The van der Waals surface area contributed by atoms with Gasteiger partial charge in [0.2, 0.25) is 5.91 Å². The highest BCUT2D eigenvalue weighted by Gasteiger charge is 2.09. The third-order valence-corrected chi connectivity index (χ3v) is 3.89. The van der Waals surface area contributed by atoms with Crippen molar-refractivity contribution in [2.75, 3.05) is 11.9 Å². The Labute approximate surface area is 146 Å². The lowest BCUT2D eigenvalue weighted by molar-refractivity contribution is -0.116. The smallest absolute Gasteiger partial charge is 0.251 e. The zero-order valence-electron chi connectivity index (χ0n) is 14.0. The summed E-state index contributed by atoms with van der Waals surface area (Å²) < 4.78 is 0. The van der Waals surface area contributed by atoms with Crippen molar-refractivity contribution in [3.8, 4) is 0 Å². The number of para-hydroxylation sites is 1. The molecule has 126 valence electrons. The van der Waals surface area contributed by atoms with E-state index in [1.807, 2.05) is 55.5 Å². The monoisotopic (exact) mass is 333 g/mol. The van der Waals surface area contributed by atoms with Gasteiger partial charge in [0.05, 0.1) is 5.52 Å². The van der Waals surface area contributed by atoms with Crippen LogP contribution in [0.4, 0.5) is 5.82 Å². The molecule has 0 unspecified atom stereocenters. The molecule has 1 heterocycles. The van der Waals surface area contributed by atoms with E-state index in [-0.39, 0.29) is 24.8 Å². The minimum atomic E-state index is -0.187. The second-order valence-electron chi connectivity index (χ2n) is 5.76. The fourth-order valence-electron chi connectivity index (χ4n) is 2.55. The van der Waals surface area contributed by atoms with Crippen molar-refractivity contribution in [1.29, 1.82) is 0 Å². The molecule has 0 aliphatic carbocycles. The minimum Gasteiger partial charge on any atom is -0.352 e. The first kappa shape index (κ1) is 16.6. The number of nitrogens with one attached hydrogen (secondary N) is 2. The van der Waals surface area contributed by atoms with Gasteiger partial charge in [-0.2, -0.15) is 0 Å². The Morgan fingerprint density at radius 1 is 0.960 bits per heavy atom. The number of rotatable bonds is 5. The molecule has 0 spiro atoms. The van der Waals surface area contributed by atoms with Gasteiger partial charge in [0, 0.05) is 23.9 Å². The Morgan fingerprint density at radius 2 is 1.72 bits per heavy atom. The van der Waals surface area contributed by atoms with E-state index in [2.05, 4.69) is 15.6 Å². The van der Waals surface area contributed by atoms with Crippen LogP contribution in [0.15, 0.2) is 60.7 Å². The second-order valence-corrected chi connectivity index (χ2v) is 5.76. The predicted octanol–water partition coefficient (Wildman–Crippen LogP) is 3.30. The summed E-state index contributed by atoms with van der Waals surface area (Å²) in [6.45, 7) is 2.15. The molecule has 5 heteroatoms. The summed E-state index contributed by atoms with van der Waals surface area (Å²) in [6, 6.07) is 18.8. The van der Waals surface area contributed by atoms with Gasteiger partial charge in [-0.05, 0) is 36.8 Å². The zero-order chi connectivity index (χ0) is 17.6. The number of nitrogens with zero attached hydrogens (tertiary/aromatic N) is 1. The lowest BCUT2D eigenvalue weighted by atomic mass is 10.1. The van der Waals surface area contributed by atoms with E-state index in [0.29, 0.717) is 11.4 Å². The number of fused-ring (bicyclic) bond motifs is 1. The summed E-state index contributed by atoms with van der Waals surface area (Å²) in [5, 5.41) is 6.54. The topological polar surface area (TPSA) is 71.1 Å². The number of aromatic nitrogens is 1. The van der Waals surface area contributed by atoms with Crippen molar-refractivity contribution < 1.29 is 9.59 Å². The molecule has 3 aromatic rings. The number of hydrogen-bond acceptors (Lipinski definition) is 3. The van der Waals surface area contributed by atoms with Crippen LogP contribution in [-0.2, 0) is 4.79 Å². The number of aryl methyl sites for hydroxylation is 1. The van der Waals surface area contributed by atoms with Gasteiger partial charge in [0.15, 0.2) is 0 Å². The standard InChI is InChI=1S/C20H19N3O2/c1-14-6-2-4-8-16(14)20(25)21-13-12-19(24)23-18-11-10-15-7-3-5-9-17(15)22-18/h2-11H,12-13H2,1H3,(H,21,25)(H,22,23,24). The average molecular weight is 333 g/mol. The Hall–Kier alpha value is -3.21. The number of carbonyl (C=O) groups is 2. The molecule has 1 aromatic heterocycles. The molecule has 0 saturated carbocycles. The van der Waals surface area contributed by atoms with E-state index >= 15 is 0 Å². The Balaban J connectivity index is 1.52. The number of carbonyl (C=O) groups excluding carboxylic acids is 2. The van der Waals surface area contributed by atoms with Crippen molar-refractivity contribution in [2.45, 2.75) is 13.3 Å². The van der Waals surface area contributed by atoms with Crippen LogP contribution >= 0.6 is 0 Å². The molecule has 0 bridgehead atoms. The fraction of sp³-hybridized carbons (Fsp3) is 0.150. The van der Waals surface area contributed by atoms with E-state index < -0.39 is 0 Å². The largest absolute Gasteiger partial charge is 0.352 e. The maximum Gasteiger partial charge on any atom is 0.251 e. The van der Waals surface area contributed by atoms with Crippen molar-refractivity contribution in [3.05, 3.63) is 71.8 Å². The Morgan fingerprint density at radius 3 is 2.56 bits per heavy atom. The van der Waals surface area contributed by atoms with E-state index in [4.69, 9.17) is 0 Å². The molecule has 0 saturated heterocycles. The SMILES string of the molecule is Cc1ccccc1C(=O)NCCC(=O)Nc1ccc2ccccc2n1. The summed E-state index contributed by atoms with van der Waals surface area (Å²) >= 11 is 0. The average Bonchev–Trinajstić information content (AvgIpc) is 2.62. The highest BCUT2D eigenvalue weighted by atomic mass is 16.2. The molecule has 2 aromatic carbocycles. The van der Waals surface area contributed by atoms with Crippen LogP contribution in [0.25, 0.3) is 10.9 Å². The first-order valence-electron chi connectivity index (χ1n) is 8.13. The molecule has 2 amide bonds. The van der Waals surface area contributed by atoms with Crippen LogP contribution in [0.3, 0.4) is 0 Å². The summed E-state index contributed by atoms with van der Waals surface area (Å²) in [5.74, 6) is 0.150. The predicted molar refractivity (Wildman–Crippen MR) is 98.5 cm³/mol. The fourth-order valence-corrected chi connectivity index (χ4v) is 2.55. The molecule has 3 rings (SSSR count). The van der Waals surface area contributed by atoms with Gasteiger partial charge >= 0.3 is 0 Å². The summed E-state index contributed by atoms with van der Waals surface area (Å²) in [5.41, 5.74) is 2.36. The normalized spacial score (nSPS) is 10.4. The van der Waals surface area contributed by atoms with Crippen molar-refractivity contribution in [3.63, 3.8) is 0 Å². The van der Waals surface area contributed by atoms with Crippen LogP contribution in [0.1, 0.15) is 22.3 Å². The van der Waals surface area contributed by atoms with Crippen LogP contribution in [0.2, 0.25) is 0 Å². The molecule has 0 aliphatic heterocycles.